The van der Waals surface area contributed by atoms with Crippen LogP contribution in [-0.2, 0) is 9.53 Å². The van der Waals surface area contributed by atoms with Crippen molar-refractivity contribution in [3.8, 4) is 11.5 Å². The van der Waals surface area contributed by atoms with Crippen LogP contribution >= 0.6 is 0 Å². The van der Waals surface area contributed by atoms with E-state index in [1.165, 1.54) is 0 Å². The Morgan fingerprint density at radius 1 is 1.50 bits per heavy atom. The number of nitrogens with one attached hydrogen (secondary N) is 1. The van der Waals surface area contributed by atoms with Crippen LogP contribution in [0.15, 0.2) is 23.8 Å². The normalized spacial score (nSPS) is 25.5. The van der Waals surface area contributed by atoms with Gasteiger partial charge in [-0.05, 0) is 26.0 Å². The Morgan fingerprint density at radius 3 is 3.04 bits per heavy atom. The molecule has 1 fully saturated rings. The van der Waals surface area contributed by atoms with Gasteiger partial charge in [-0.1, -0.05) is 12.1 Å². The summed E-state index contributed by atoms with van der Waals surface area (Å²) in [5, 5.41) is 13.2. The van der Waals surface area contributed by atoms with Gasteiger partial charge < -0.3 is 24.6 Å². The molecule has 1 saturated heterocycles. The molecule has 2 aliphatic heterocycles. The molecule has 0 radical (unpaired) electrons. The molecule has 2 aliphatic rings. The van der Waals surface area contributed by atoms with Crippen molar-refractivity contribution < 1.29 is 24.1 Å². The number of carbonyl (C=O) groups excluding carboxylic acids is 1. The zero-order chi connectivity index (χ0) is 17.2. The van der Waals surface area contributed by atoms with Crippen molar-refractivity contribution >= 4 is 12.0 Å². The fraction of sp³-hybridized carbons (Fsp3) is 0.500. The lowest BCUT2D eigenvalue weighted by Gasteiger charge is -2.27. The van der Waals surface area contributed by atoms with Crippen LogP contribution in [0.3, 0.4) is 0 Å². The molecule has 2 atom stereocenters. The van der Waals surface area contributed by atoms with Crippen LogP contribution < -0.4 is 14.8 Å². The van der Waals surface area contributed by atoms with E-state index in [-0.39, 0.29) is 25.2 Å². The summed E-state index contributed by atoms with van der Waals surface area (Å²) in [6.07, 6.45) is 2.03. The van der Waals surface area contributed by atoms with E-state index in [1.54, 1.807) is 6.08 Å². The standard InChI is InChI=1S/C18H23NO5/c1-3-22-15-6-4-5-13-9-14(10-24-16(13)15)17(20)19-11-18(21)7-8-23-12(18)2/h4-6,9,12,21H,3,7-8,10-11H2,1-2H3,(H,19,20)/t12-,18+/m0/s1. The fourth-order valence-electron chi connectivity index (χ4n) is 2.93. The number of aliphatic hydroxyl groups is 1. The quantitative estimate of drug-likeness (QED) is 0.854. The minimum Gasteiger partial charge on any atom is -0.490 e. The Balaban J connectivity index is 1.69. The molecule has 24 heavy (non-hydrogen) atoms. The molecule has 0 aromatic heterocycles. The van der Waals surface area contributed by atoms with E-state index >= 15 is 0 Å². The SMILES string of the molecule is CCOc1cccc2c1OCC(C(=O)NC[C@]1(O)CCO[C@H]1C)=C2. The summed E-state index contributed by atoms with van der Waals surface area (Å²) in [6, 6.07) is 5.59. The second-order valence-electron chi connectivity index (χ2n) is 6.12. The van der Waals surface area contributed by atoms with Gasteiger partial charge in [-0.25, -0.2) is 0 Å². The van der Waals surface area contributed by atoms with Gasteiger partial charge in [0.15, 0.2) is 11.5 Å². The smallest absolute Gasteiger partial charge is 0.250 e. The van der Waals surface area contributed by atoms with E-state index in [0.29, 0.717) is 36.7 Å². The first-order valence-corrected chi connectivity index (χ1v) is 8.25. The van der Waals surface area contributed by atoms with Crippen molar-refractivity contribution in [2.45, 2.75) is 32.0 Å². The minimum absolute atomic E-state index is 0.163. The number of ether oxygens (including phenoxy) is 3. The Bertz CT molecular complexity index is 657. The lowest BCUT2D eigenvalue weighted by atomic mass is 9.96. The number of amides is 1. The highest BCUT2D eigenvalue weighted by Crippen LogP contribution is 2.35. The Labute approximate surface area is 141 Å². The molecular formula is C18H23NO5. The van der Waals surface area contributed by atoms with Crippen molar-refractivity contribution in [1.29, 1.82) is 0 Å². The van der Waals surface area contributed by atoms with Gasteiger partial charge in [-0.3, -0.25) is 4.79 Å². The predicted octanol–water partition coefficient (Wildman–Crippen LogP) is 1.52. The third kappa shape index (κ3) is 3.25. The molecular weight excluding hydrogens is 310 g/mol. The van der Waals surface area contributed by atoms with Gasteiger partial charge in [0.05, 0.1) is 18.3 Å². The van der Waals surface area contributed by atoms with E-state index in [0.717, 1.165) is 5.56 Å². The highest BCUT2D eigenvalue weighted by Gasteiger charge is 2.39. The molecule has 0 bridgehead atoms. The molecule has 0 unspecified atom stereocenters. The van der Waals surface area contributed by atoms with Crippen LogP contribution in [0, 0.1) is 0 Å². The lowest BCUT2D eigenvalue weighted by molar-refractivity contribution is -0.119. The summed E-state index contributed by atoms with van der Waals surface area (Å²) in [4.78, 5) is 12.4. The first-order chi connectivity index (χ1) is 11.5. The molecule has 0 saturated carbocycles. The van der Waals surface area contributed by atoms with Crippen LogP contribution in [-0.4, -0.2) is 49.1 Å². The molecule has 3 rings (SSSR count). The van der Waals surface area contributed by atoms with Crippen molar-refractivity contribution in [2.75, 3.05) is 26.4 Å². The maximum atomic E-state index is 12.4. The van der Waals surface area contributed by atoms with Crippen molar-refractivity contribution in [3.63, 3.8) is 0 Å². The molecule has 2 N–H and O–H groups in total. The predicted molar refractivity (Wildman–Crippen MR) is 89.1 cm³/mol. The average Bonchev–Trinajstić information content (AvgIpc) is 2.92. The Hall–Kier alpha value is -2.05. The van der Waals surface area contributed by atoms with Gasteiger partial charge in [-0.15, -0.1) is 0 Å². The monoisotopic (exact) mass is 333 g/mol. The van der Waals surface area contributed by atoms with E-state index in [1.807, 2.05) is 32.0 Å². The fourth-order valence-corrected chi connectivity index (χ4v) is 2.93. The molecule has 6 nitrogen and oxygen atoms in total. The first kappa shape index (κ1) is 16.8. The Kier molecular flexibility index (Phi) is 4.78. The number of para-hydroxylation sites is 1. The molecule has 1 aromatic rings. The number of carbonyl (C=O) groups is 1. The van der Waals surface area contributed by atoms with Crippen LogP contribution in [0.2, 0.25) is 0 Å². The average molecular weight is 333 g/mol. The third-order valence-corrected chi connectivity index (χ3v) is 4.52. The zero-order valence-corrected chi connectivity index (χ0v) is 14.0. The maximum Gasteiger partial charge on any atom is 0.250 e. The van der Waals surface area contributed by atoms with Gasteiger partial charge in [-0.2, -0.15) is 0 Å². The summed E-state index contributed by atoms with van der Waals surface area (Å²) in [7, 11) is 0. The third-order valence-electron chi connectivity index (χ3n) is 4.52. The Morgan fingerprint density at radius 2 is 2.33 bits per heavy atom. The topological polar surface area (TPSA) is 77.0 Å². The van der Waals surface area contributed by atoms with E-state index in [2.05, 4.69) is 5.32 Å². The number of fused-ring (bicyclic) bond motifs is 1. The van der Waals surface area contributed by atoms with Crippen molar-refractivity contribution in [2.24, 2.45) is 0 Å². The summed E-state index contributed by atoms with van der Waals surface area (Å²) in [5.41, 5.74) is 0.325. The van der Waals surface area contributed by atoms with Gasteiger partial charge in [0, 0.05) is 25.1 Å². The number of hydrogen-bond donors (Lipinski definition) is 2. The molecule has 1 amide bonds. The second kappa shape index (κ2) is 6.83. The van der Waals surface area contributed by atoms with E-state index < -0.39 is 5.60 Å². The largest absolute Gasteiger partial charge is 0.490 e. The van der Waals surface area contributed by atoms with Crippen LogP contribution in [0.4, 0.5) is 0 Å². The number of hydrogen-bond acceptors (Lipinski definition) is 5. The maximum absolute atomic E-state index is 12.4. The van der Waals surface area contributed by atoms with Crippen molar-refractivity contribution in [1.82, 2.24) is 5.32 Å². The van der Waals surface area contributed by atoms with E-state index in [4.69, 9.17) is 14.2 Å². The summed E-state index contributed by atoms with van der Waals surface area (Å²) in [6.45, 7) is 5.12. The first-order valence-electron chi connectivity index (χ1n) is 8.25. The van der Waals surface area contributed by atoms with Crippen LogP contribution in [0.5, 0.6) is 11.5 Å². The minimum atomic E-state index is -1.01. The van der Waals surface area contributed by atoms with Gasteiger partial charge in [0.25, 0.3) is 5.91 Å². The van der Waals surface area contributed by atoms with Crippen molar-refractivity contribution in [3.05, 3.63) is 29.3 Å². The molecule has 2 heterocycles. The molecule has 130 valence electrons. The number of benzene rings is 1. The summed E-state index contributed by atoms with van der Waals surface area (Å²) in [5.74, 6) is 1.10. The molecule has 0 aliphatic carbocycles. The highest BCUT2D eigenvalue weighted by atomic mass is 16.5. The van der Waals surface area contributed by atoms with Crippen LogP contribution in [0.1, 0.15) is 25.8 Å². The molecule has 1 aromatic carbocycles. The molecule has 6 heteroatoms. The lowest BCUT2D eigenvalue weighted by Crippen LogP contribution is -2.48. The van der Waals surface area contributed by atoms with Gasteiger partial charge >= 0.3 is 0 Å². The molecule has 0 spiro atoms. The number of rotatable bonds is 5. The van der Waals surface area contributed by atoms with Crippen LogP contribution in [0.25, 0.3) is 6.08 Å². The zero-order valence-electron chi connectivity index (χ0n) is 14.0. The van der Waals surface area contributed by atoms with Gasteiger partial charge in [0.2, 0.25) is 0 Å². The highest BCUT2D eigenvalue weighted by molar-refractivity contribution is 5.99. The second-order valence-corrected chi connectivity index (χ2v) is 6.12. The van der Waals surface area contributed by atoms with Gasteiger partial charge in [0.1, 0.15) is 12.2 Å². The summed E-state index contributed by atoms with van der Waals surface area (Å²) < 4.78 is 16.6. The summed E-state index contributed by atoms with van der Waals surface area (Å²) >= 11 is 0. The van der Waals surface area contributed by atoms with E-state index in [9.17, 15) is 9.90 Å².